The average Bonchev–Trinajstić information content (AvgIpc) is 2.71. The summed E-state index contributed by atoms with van der Waals surface area (Å²) in [6.45, 7) is 6.64. The fraction of sp³-hybridized carbons (Fsp3) is 0.600. The second kappa shape index (κ2) is 5.43. The van der Waals surface area contributed by atoms with Crippen LogP contribution in [0.5, 0.6) is 0 Å². The van der Waals surface area contributed by atoms with Crippen LogP contribution < -0.4 is 5.32 Å². The van der Waals surface area contributed by atoms with Crippen LogP contribution in [0.2, 0.25) is 0 Å². The lowest BCUT2D eigenvalue weighted by Crippen LogP contribution is -2.16. The van der Waals surface area contributed by atoms with Gasteiger partial charge in [0.1, 0.15) is 0 Å². The number of aryl methyl sites for hydroxylation is 2. The van der Waals surface area contributed by atoms with E-state index in [1.165, 1.54) is 47.0 Å². The molecule has 0 amide bonds. The third kappa shape index (κ3) is 3.04. The highest BCUT2D eigenvalue weighted by Gasteiger charge is 2.23. The fourth-order valence-electron chi connectivity index (χ4n) is 2.88. The van der Waals surface area contributed by atoms with Crippen molar-refractivity contribution in [3.05, 3.63) is 27.7 Å². The predicted octanol–water partition coefficient (Wildman–Crippen LogP) is 5.06. The van der Waals surface area contributed by atoms with Crippen LogP contribution in [0.15, 0.2) is 16.6 Å². The molecule has 1 aromatic rings. The van der Waals surface area contributed by atoms with Gasteiger partial charge in [-0.3, -0.25) is 0 Å². The van der Waals surface area contributed by atoms with Gasteiger partial charge in [0.2, 0.25) is 0 Å². The first kappa shape index (κ1) is 12.9. The molecule has 0 spiro atoms. The Balaban J connectivity index is 2.09. The van der Waals surface area contributed by atoms with Crippen molar-refractivity contribution < 1.29 is 0 Å². The molecule has 1 aliphatic carbocycles. The van der Waals surface area contributed by atoms with Gasteiger partial charge >= 0.3 is 0 Å². The van der Waals surface area contributed by atoms with Gasteiger partial charge in [0.25, 0.3) is 0 Å². The number of hydrogen-bond acceptors (Lipinski definition) is 1. The van der Waals surface area contributed by atoms with E-state index in [0.29, 0.717) is 6.04 Å². The SMILES string of the molecule is CCC1CCC(Nc2c(C)cc(C)cc2Br)C1. The van der Waals surface area contributed by atoms with Gasteiger partial charge in [-0.05, 0) is 72.2 Å². The summed E-state index contributed by atoms with van der Waals surface area (Å²) in [5.41, 5.74) is 3.95. The van der Waals surface area contributed by atoms with E-state index in [4.69, 9.17) is 0 Å². The van der Waals surface area contributed by atoms with E-state index >= 15 is 0 Å². The standard InChI is InChI=1S/C15H22BrN/c1-4-12-5-6-13(9-12)17-15-11(3)7-10(2)8-14(15)16/h7-8,12-13,17H,4-6,9H2,1-3H3. The van der Waals surface area contributed by atoms with Crippen LogP contribution in [-0.4, -0.2) is 6.04 Å². The van der Waals surface area contributed by atoms with Crippen LogP contribution in [-0.2, 0) is 0 Å². The molecule has 94 valence electrons. The Hall–Kier alpha value is -0.500. The minimum atomic E-state index is 0.664. The lowest BCUT2D eigenvalue weighted by Gasteiger charge is -2.18. The molecule has 0 aromatic heterocycles. The minimum Gasteiger partial charge on any atom is -0.381 e. The molecule has 2 heteroatoms. The Morgan fingerprint density at radius 2 is 2.06 bits per heavy atom. The number of rotatable bonds is 3. The predicted molar refractivity (Wildman–Crippen MR) is 78.7 cm³/mol. The molecule has 2 atom stereocenters. The van der Waals surface area contributed by atoms with Crippen LogP contribution in [0.1, 0.15) is 43.7 Å². The molecule has 0 radical (unpaired) electrons. The van der Waals surface area contributed by atoms with Gasteiger partial charge in [-0.15, -0.1) is 0 Å². The monoisotopic (exact) mass is 295 g/mol. The topological polar surface area (TPSA) is 12.0 Å². The number of benzene rings is 1. The van der Waals surface area contributed by atoms with Crippen LogP contribution >= 0.6 is 15.9 Å². The zero-order chi connectivity index (χ0) is 12.4. The third-order valence-corrected chi connectivity index (χ3v) is 4.52. The first-order chi connectivity index (χ1) is 8.10. The summed E-state index contributed by atoms with van der Waals surface area (Å²) in [5.74, 6) is 0.928. The molecule has 1 aromatic carbocycles. The zero-order valence-electron chi connectivity index (χ0n) is 11.0. The Labute approximate surface area is 113 Å². The van der Waals surface area contributed by atoms with Gasteiger partial charge in [0, 0.05) is 10.5 Å². The summed E-state index contributed by atoms with van der Waals surface area (Å²) in [5, 5.41) is 3.72. The number of hydrogen-bond donors (Lipinski definition) is 1. The van der Waals surface area contributed by atoms with Crippen molar-refractivity contribution in [1.29, 1.82) is 0 Å². The summed E-state index contributed by atoms with van der Waals surface area (Å²) in [6.07, 6.45) is 5.36. The first-order valence-corrected chi connectivity index (χ1v) is 7.42. The van der Waals surface area contributed by atoms with Gasteiger partial charge in [-0.25, -0.2) is 0 Å². The van der Waals surface area contributed by atoms with Crippen molar-refractivity contribution in [2.75, 3.05) is 5.32 Å². The van der Waals surface area contributed by atoms with E-state index < -0.39 is 0 Å². The zero-order valence-corrected chi connectivity index (χ0v) is 12.6. The van der Waals surface area contributed by atoms with Crippen molar-refractivity contribution in [3.63, 3.8) is 0 Å². The molecule has 1 aliphatic rings. The normalized spacial score (nSPS) is 24.0. The summed E-state index contributed by atoms with van der Waals surface area (Å²) in [6, 6.07) is 5.11. The molecule has 1 N–H and O–H groups in total. The highest BCUT2D eigenvalue weighted by atomic mass is 79.9. The third-order valence-electron chi connectivity index (χ3n) is 3.90. The number of nitrogens with one attached hydrogen (secondary N) is 1. The molecular formula is C15H22BrN. The average molecular weight is 296 g/mol. The van der Waals surface area contributed by atoms with Gasteiger partial charge in [0.15, 0.2) is 0 Å². The summed E-state index contributed by atoms with van der Waals surface area (Å²) >= 11 is 3.67. The smallest absolute Gasteiger partial charge is 0.0516 e. The van der Waals surface area contributed by atoms with E-state index in [9.17, 15) is 0 Å². The van der Waals surface area contributed by atoms with E-state index in [-0.39, 0.29) is 0 Å². The minimum absolute atomic E-state index is 0.664. The van der Waals surface area contributed by atoms with Crippen molar-refractivity contribution >= 4 is 21.6 Å². The van der Waals surface area contributed by atoms with Crippen LogP contribution in [0.4, 0.5) is 5.69 Å². The molecule has 0 bridgehead atoms. The summed E-state index contributed by atoms with van der Waals surface area (Å²) in [4.78, 5) is 0. The Kier molecular flexibility index (Phi) is 4.13. The fourth-order valence-corrected chi connectivity index (χ4v) is 3.67. The molecule has 17 heavy (non-hydrogen) atoms. The number of halogens is 1. The summed E-state index contributed by atoms with van der Waals surface area (Å²) in [7, 11) is 0. The maximum atomic E-state index is 3.72. The van der Waals surface area contributed by atoms with Crippen LogP contribution in [0.3, 0.4) is 0 Å². The molecule has 2 unspecified atom stereocenters. The van der Waals surface area contributed by atoms with Crippen LogP contribution in [0.25, 0.3) is 0 Å². The Bertz CT molecular complexity index is 377. The van der Waals surface area contributed by atoms with Crippen molar-refractivity contribution in [1.82, 2.24) is 0 Å². The number of anilines is 1. The molecular weight excluding hydrogens is 274 g/mol. The van der Waals surface area contributed by atoms with Crippen molar-refractivity contribution in [2.45, 2.75) is 52.5 Å². The quantitative estimate of drug-likeness (QED) is 0.822. The van der Waals surface area contributed by atoms with E-state index in [2.05, 4.69) is 54.2 Å². The Morgan fingerprint density at radius 3 is 2.65 bits per heavy atom. The van der Waals surface area contributed by atoms with Crippen molar-refractivity contribution in [2.24, 2.45) is 5.92 Å². The molecule has 0 aliphatic heterocycles. The second-order valence-electron chi connectivity index (χ2n) is 5.37. The lowest BCUT2D eigenvalue weighted by molar-refractivity contribution is 0.525. The highest BCUT2D eigenvalue weighted by molar-refractivity contribution is 9.10. The highest BCUT2D eigenvalue weighted by Crippen LogP contribution is 2.34. The van der Waals surface area contributed by atoms with Gasteiger partial charge in [-0.1, -0.05) is 19.4 Å². The van der Waals surface area contributed by atoms with E-state index in [1.54, 1.807) is 0 Å². The molecule has 1 saturated carbocycles. The second-order valence-corrected chi connectivity index (χ2v) is 6.22. The largest absolute Gasteiger partial charge is 0.381 e. The van der Waals surface area contributed by atoms with Gasteiger partial charge in [-0.2, -0.15) is 0 Å². The molecule has 1 nitrogen and oxygen atoms in total. The first-order valence-electron chi connectivity index (χ1n) is 6.63. The van der Waals surface area contributed by atoms with Crippen LogP contribution in [0, 0.1) is 19.8 Å². The van der Waals surface area contributed by atoms with Gasteiger partial charge in [0.05, 0.1) is 5.69 Å². The maximum Gasteiger partial charge on any atom is 0.0516 e. The summed E-state index contributed by atoms with van der Waals surface area (Å²) < 4.78 is 1.20. The van der Waals surface area contributed by atoms with E-state index in [1.807, 2.05) is 0 Å². The Morgan fingerprint density at radius 1 is 1.29 bits per heavy atom. The molecule has 0 heterocycles. The molecule has 2 rings (SSSR count). The molecule has 1 fully saturated rings. The molecule has 0 saturated heterocycles. The van der Waals surface area contributed by atoms with E-state index in [0.717, 1.165) is 5.92 Å². The van der Waals surface area contributed by atoms with Crippen molar-refractivity contribution in [3.8, 4) is 0 Å². The maximum absolute atomic E-state index is 3.72. The lowest BCUT2D eigenvalue weighted by atomic mass is 10.1. The van der Waals surface area contributed by atoms with Gasteiger partial charge < -0.3 is 5.32 Å².